The highest BCUT2D eigenvalue weighted by Crippen LogP contribution is 2.15. The van der Waals surface area contributed by atoms with Crippen molar-refractivity contribution in [3.63, 3.8) is 0 Å². The molecule has 0 fully saturated rings. The monoisotopic (exact) mass is 256 g/mol. The Kier molecular flexibility index (Phi) is 4.28. The van der Waals surface area contributed by atoms with Gasteiger partial charge in [-0.25, -0.2) is 8.42 Å². The first-order valence-corrected chi connectivity index (χ1v) is 7.06. The van der Waals surface area contributed by atoms with Crippen LogP contribution in [0, 0.1) is 5.92 Å². The topological polar surface area (TPSA) is 71.4 Å². The molecular weight excluding hydrogens is 240 g/mol. The lowest BCUT2D eigenvalue weighted by molar-refractivity contribution is -0.140. The van der Waals surface area contributed by atoms with E-state index in [-0.39, 0.29) is 10.6 Å². The van der Waals surface area contributed by atoms with Gasteiger partial charge in [0.2, 0.25) is 0 Å². The predicted octanol–water partition coefficient (Wildman–Crippen LogP) is 1.74. The van der Waals surface area contributed by atoms with Crippen LogP contribution in [0.1, 0.15) is 19.4 Å². The molecule has 0 heterocycles. The van der Waals surface area contributed by atoms with Crippen LogP contribution < -0.4 is 0 Å². The van der Waals surface area contributed by atoms with Gasteiger partial charge >= 0.3 is 5.97 Å². The molecule has 94 valence electrons. The van der Waals surface area contributed by atoms with Gasteiger partial charge in [-0.05, 0) is 24.1 Å². The fraction of sp³-hybridized carbons (Fsp3) is 0.417. The van der Waals surface area contributed by atoms with Crippen molar-refractivity contribution in [2.75, 3.05) is 5.75 Å². The van der Waals surface area contributed by atoms with Crippen molar-refractivity contribution >= 4 is 15.8 Å². The minimum absolute atomic E-state index is 0.183. The fourth-order valence-electron chi connectivity index (χ4n) is 1.43. The molecule has 1 aromatic carbocycles. The Morgan fingerprint density at radius 3 is 2.24 bits per heavy atom. The minimum Gasteiger partial charge on any atom is -0.481 e. The van der Waals surface area contributed by atoms with Gasteiger partial charge < -0.3 is 5.11 Å². The van der Waals surface area contributed by atoms with E-state index in [1.165, 1.54) is 19.1 Å². The van der Waals surface area contributed by atoms with E-state index in [0.29, 0.717) is 0 Å². The number of aryl methyl sites for hydroxylation is 1. The number of aliphatic carboxylic acids is 1. The second-order valence-corrected chi connectivity index (χ2v) is 6.05. The molecule has 1 N–H and O–H groups in total. The van der Waals surface area contributed by atoms with Crippen LogP contribution in [0.15, 0.2) is 29.2 Å². The van der Waals surface area contributed by atoms with Crippen molar-refractivity contribution in [1.82, 2.24) is 0 Å². The number of carbonyl (C=O) groups is 1. The molecule has 1 atom stereocenters. The Morgan fingerprint density at radius 1 is 1.29 bits per heavy atom. The van der Waals surface area contributed by atoms with Crippen LogP contribution in [0.5, 0.6) is 0 Å². The molecule has 0 bridgehead atoms. The summed E-state index contributed by atoms with van der Waals surface area (Å²) in [5, 5.41) is 8.71. The lowest BCUT2D eigenvalue weighted by atomic mass is 10.2. The Labute approximate surface area is 101 Å². The highest BCUT2D eigenvalue weighted by atomic mass is 32.2. The summed E-state index contributed by atoms with van der Waals surface area (Å²) in [5.41, 5.74) is 1.05. The van der Waals surface area contributed by atoms with Crippen molar-refractivity contribution in [2.45, 2.75) is 25.2 Å². The standard InChI is InChI=1S/C12H16O4S/c1-3-10-4-6-11(7-5-10)17(15,16)8-9(2)12(13)14/h4-7,9H,3,8H2,1-2H3,(H,13,14). The van der Waals surface area contributed by atoms with E-state index in [0.717, 1.165) is 12.0 Å². The van der Waals surface area contributed by atoms with E-state index >= 15 is 0 Å². The number of hydrogen-bond donors (Lipinski definition) is 1. The molecule has 0 aliphatic carbocycles. The Morgan fingerprint density at radius 2 is 1.82 bits per heavy atom. The lowest BCUT2D eigenvalue weighted by Crippen LogP contribution is -2.21. The van der Waals surface area contributed by atoms with Gasteiger partial charge in [-0.1, -0.05) is 26.0 Å². The molecule has 0 saturated heterocycles. The highest BCUT2D eigenvalue weighted by Gasteiger charge is 2.22. The normalized spacial score (nSPS) is 13.3. The molecule has 0 amide bonds. The number of hydrogen-bond acceptors (Lipinski definition) is 3. The first-order chi connectivity index (χ1) is 7.86. The summed E-state index contributed by atoms with van der Waals surface area (Å²) in [5.74, 6) is -2.36. The third-order valence-corrected chi connectivity index (χ3v) is 4.51. The third kappa shape index (κ3) is 3.56. The second kappa shape index (κ2) is 5.31. The summed E-state index contributed by atoms with van der Waals surface area (Å²) in [7, 11) is -3.51. The van der Waals surface area contributed by atoms with Gasteiger partial charge in [-0.3, -0.25) is 4.79 Å². The van der Waals surface area contributed by atoms with Gasteiger partial charge in [-0.15, -0.1) is 0 Å². The number of carboxylic acid groups (broad SMARTS) is 1. The van der Waals surface area contributed by atoms with Crippen molar-refractivity contribution in [2.24, 2.45) is 5.92 Å². The average molecular weight is 256 g/mol. The van der Waals surface area contributed by atoms with Crippen LogP contribution in [0.4, 0.5) is 0 Å². The van der Waals surface area contributed by atoms with E-state index in [9.17, 15) is 13.2 Å². The number of benzene rings is 1. The lowest BCUT2D eigenvalue weighted by Gasteiger charge is -2.08. The number of rotatable bonds is 5. The maximum Gasteiger partial charge on any atom is 0.307 e. The second-order valence-electron chi connectivity index (χ2n) is 4.02. The molecule has 0 saturated carbocycles. The molecular formula is C12H16O4S. The van der Waals surface area contributed by atoms with Crippen LogP contribution in [0.25, 0.3) is 0 Å². The van der Waals surface area contributed by atoms with E-state index in [1.54, 1.807) is 12.1 Å². The molecule has 0 radical (unpaired) electrons. The zero-order chi connectivity index (χ0) is 13.1. The Hall–Kier alpha value is -1.36. The molecule has 0 spiro atoms. The molecule has 1 rings (SSSR count). The van der Waals surface area contributed by atoms with Gasteiger partial charge in [0, 0.05) is 0 Å². The smallest absolute Gasteiger partial charge is 0.307 e. The van der Waals surface area contributed by atoms with Gasteiger partial charge in [0.25, 0.3) is 0 Å². The molecule has 0 aliphatic heterocycles. The SMILES string of the molecule is CCc1ccc(S(=O)(=O)CC(C)C(=O)O)cc1. The van der Waals surface area contributed by atoms with Crippen molar-refractivity contribution < 1.29 is 18.3 Å². The quantitative estimate of drug-likeness (QED) is 0.871. The third-order valence-electron chi connectivity index (χ3n) is 2.58. The zero-order valence-electron chi connectivity index (χ0n) is 9.88. The van der Waals surface area contributed by atoms with E-state index in [2.05, 4.69) is 0 Å². The summed E-state index contributed by atoms with van der Waals surface area (Å²) in [4.78, 5) is 10.8. The molecule has 0 aliphatic rings. The zero-order valence-corrected chi connectivity index (χ0v) is 10.7. The Bertz CT molecular complexity index is 488. The first-order valence-electron chi connectivity index (χ1n) is 5.41. The van der Waals surface area contributed by atoms with Gasteiger partial charge in [0.05, 0.1) is 16.6 Å². The van der Waals surface area contributed by atoms with E-state index in [1.807, 2.05) is 6.92 Å². The molecule has 1 unspecified atom stereocenters. The summed E-state index contributed by atoms with van der Waals surface area (Å²) in [6, 6.07) is 6.56. The molecule has 0 aromatic heterocycles. The molecule has 1 aromatic rings. The van der Waals surface area contributed by atoms with Gasteiger partial charge in [-0.2, -0.15) is 0 Å². The highest BCUT2D eigenvalue weighted by molar-refractivity contribution is 7.91. The predicted molar refractivity (Wildman–Crippen MR) is 64.7 cm³/mol. The van der Waals surface area contributed by atoms with Crippen LogP contribution >= 0.6 is 0 Å². The summed E-state index contributed by atoms with van der Waals surface area (Å²) in [6.45, 7) is 3.37. The number of sulfone groups is 1. The fourth-order valence-corrected chi connectivity index (χ4v) is 2.97. The van der Waals surface area contributed by atoms with Crippen molar-refractivity contribution in [3.8, 4) is 0 Å². The van der Waals surface area contributed by atoms with E-state index < -0.39 is 21.7 Å². The van der Waals surface area contributed by atoms with Gasteiger partial charge in [0.1, 0.15) is 0 Å². The Balaban J connectivity index is 2.93. The number of carboxylic acids is 1. The van der Waals surface area contributed by atoms with Crippen LogP contribution in [-0.4, -0.2) is 25.2 Å². The van der Waals surface area contributed by atoms with Crippen molar-refractivity contribution in [3.05, 3.63) is 29.8 Å². The summed E-state index contributed by atoms with van der Waals surface area (Å²) in [6.07, 6.45) is 0.839. The minimum atomic E-state index is -3.51. The largest absolute Gasteiger partial charge is 0.481 e. The summed E-state index contributed by atoms with van der Waals surface area (Å²) < 4.78 is 23.8. The van der Waals surface area contributed by atoms with Crippen LogP contribution in [-0.2, 0) is 21.1 Å². The molecule has 5 heteroatoms. The van der Waals surface area contributed by atoms with Gasteiger partial charge in [0.15, 0.2) is 9.84 Å². The maximum absolute atomic E-state index is 11.9. The molecule has 17 heavy (non-hydrogen) atoms. The first kappa shape index (κ1) is 13.7. The maximum atomic E-state index is 11.9. The summed E-state index contributed by atoms with van der Waals surface area (Å²) >= 11 is 0. The van der Waals surface area contributed by atoms with Crippen LogP contribution in [0.3, 0.4) is 0 Å². The van der Waals surface area contributed by atoms with Crippen LogP contribution in [0.2, 0.25) is 0 Å². The van der Waals surface area contributed by atoms with E-state index in [4.69, 9.17) is 5.11 Å². The molecule has 4 nitrogen and oxygen atoms in total. The van der Waals surface area contributed by atoms with Crippen molar-refractivity contribution in [1.29, 1.82) is 0 Å². The average Bonchev–Trinajstić information content (AvgIpc) is 2.28.